The van der Waals surface area contributed by atoms with Crippen LogP contribution in [0.25, 0.3) is 0 Å². The molecule has 17 heavy (non-hydrogen) atoms. The number of methoxy groups -OCH3 is 1. The van der Waals surface area contributed by atoms with Crippen molar-refractivity contribution in [2.75, 3.05) is 25.1 Å². The van der Waals surface area contributed by atoms with Gasteiger partial charge in [0.25, 0.3) is 0 Å². The van der Waals surface area contributed by atoms with Crippen molar-refractivity contribution in [2.45, 2.75) is 19.3 Å². The molecule has 0 bridgehead atoms. The number of ether oxygens (including phenoxy) is 1. The third-order valence-corrected chi connectivity index (χ3v) is 3.08. The summed E-state index contributed by atoms with van der Waals surface area (Å²) in [5.74, 6) is 0.332. The molecule has 0 saturated carbocycles. The van der Waals surface area contributed by atoms with E-state index in [1.54, 1.807) is 12.1 Å². The monoisotopic (exact) mass is 236 g/mol. The molecule has 1 heterocycles. The highest BCUT2D eigenvalue weighted by molar-refractivity contribution is 5.59. The van der Waals surface area contributed by atoms with E-state index in [0.717, 1.165) is 18.8 Å². The summed E-state index contributed by atoms with van der Waals surface area (Å²) in [7, 11) is 1.46. The molecule has 0 amide bonds. The van der Waals surface area contributed by atoms with Gasteiger partial charge in [0.1, 0.15) is 0 Å². The molecule has 1 aromatic rings. The Kier molecular flexibility index (Phi) is 3.46. The predicted octanol–water partition coefficient (Wildman–Crippen LogP) is 2.59. The molecule has 5 heteroatoms. The average Bonchev–Trinajstić information content (AvgIpc) is 2.39. The maximum absolute atomic E-state index is 10.8. The molecule has 1 aromatic carbocycles. The molecule has 0 unspecified atom stereocenters. The number of anilines is 1. The second kappa shape index (κ2) is 5.03. The zero-order valence-electron chi connectivity index (χ0n) is 9.89. The summed E-state index contributed by atoms with van der Waals surface area (Å²) < 4.78 is 5.07. The summed E-state index contributed by atoms with van der Waals surface area (Å²) in [4.78, 5) is 12.6. The van der Waals surface area contributed by atoms with Crippen molar-refractivity contribution in [3.05, 3.63) is 28.3 Å². The smallest absolute Gasteiger partial charge is 0.311 e. The van der Waals surface area contributed by atoms with Crippen molar-refractivity contribution in [1.29, 1.82) is 0 Å². The predicted molar refractivity (Wildman–Crippen MR) is 65.7 cm³/mol. The van der Waals surface area contributed by atoms with E-state index in [1.807, 2.05) is 0 Å². The molecule has 1 aliphatic rings. The molecule has 2 rings (SSSR count). The Balaban J connectivity index is 2.27. The number of piperidine rings is 1. The fourth-order valence-corrected chi connectivity index (χ4v) is 2.17. The fraction of sp³-hybridized carbons (Fsp3) is 0.500. The van der Waals surface area contributed by atoms with Crippen molar-refractivity contribution in [2.24, 2.45) is 0 Å². The Morgan fingerprint density at radius 3 is 2.59 bits per heavy atom. The van der Waals surface area contributed by atoms with Crippen molar-refractivity contribution >= 4 is 11.4 Å². The Bertz CT molecular complexity index is 414. The molecular formula is C12H16N2O3. The molecule has 1 saturated heterocycles. The molecular weight excluding hydrogens is 220 g/mol. The topological polar surface area (TPSA) is 55.6 Å². The molecule has 0 aliphatic carbocycles. The summed E-state index contributed by atoms with van der Waals surface area (Å²) in [5.41, 5.74) is 1.03. The maximum atomic E-state index is 10.8. The summed E-state index contributed by atoms with van der Waals surface area (Å²) in [6.07, 6.45) is 3.62. The van der Waals surface area contributed by atoms with E-state index in [0.29, 0.717) is 5.75 Å². The van der Waals surface area contributed by atoms with E-state index in [9.17, 15) is 10.1 Å². The van der Waals surface area contributed by atoms with Gasteiger partial charge < -0.3 is 9.64 Å². The first-order valence-electron chi connectivity index (χ1n) is 5.80. The number of nitro groups is 1. The Morgan fingerprint density at radius 1 is 1.29 bits per heavy atom. The molecule has 1 aliphatic heterocycles. The van der Waals surface area contributed by atoms with Crippen LogP contribution in [0.4, 0.5) is 11.4 Å². The van der Waals surface area contributed by atoms with E-state index in [1.165, 1.54) is 32.4 Å². The number of hydrogen-bond donors (Lipinski definition) is 0. The highest BCUT2D eigenvalue weighted by Gasteiger charge is 2.18. The second-order valence-electron chi connectivity index (χ2n) is 4.16. The minimum absolute atomic E-state index is 0.0215. The van der Waals surface area contributed by atoms with Crippen LogP contribution in [0.5, 0.6) is 5.75 Å². The van der Waals surface area contributed by atoms with Crippen LogP contribution in [-0.2, 0) is 0 Å². The lowest BCUT2D eigenvalue weighted by atomic mass is 10.1. The molecule has 0 aromatic heterocycles. The normalized spacial score (nSPS) is 15.7. The first-order valence-corrected chi connectivity index (χ1v) is 5.80. The van der Waals surface area contributed by atoms with Gasteiger partial charge in [-0.2, -0.15) is 0 Å². The van der Waals surface area contributed by atoms with Crippen molar-refractivity contribution in [3.8, 4) is 5.75 Å². The van der Waals surface area contributed by atoms with Gasteiger partial charge in [-0.05, 0) is 25.3 Å². The Labute approximate surface area is 100 Å². The van der Waals surface area contributed by atoms with Crippen LogP contribution in [0.1, 0.15) is 19.3 Å². The second-order valence-corrected chi connectivity index (χ2v) is 4.16. The molecule has 5 nitrogen and oxygen atoms in total. The maximum Gasteiger partial charge on any atom is 0.311 e. The highest BCUT2D eigenvalue weighted by Crippen LogP contribution is 2.32. The lowest BCUT2D eigenvalue weighted by Crippen LogP contribution is -2.29. The van der Waals surface area contributed by atoms with Crippen LogP contribution < -0.4 is 9.64 Å². The number of rotatable bonds is 3. The molecule has 0 N–H and O–H groups in total. The van der Waals surface area contributed by atoms with Gasteiger partial charge in [-0.3, -0.25) is 10.1 Å². The third-order valence-electron chi connectivity index (χ3n) is 3.08. The van der Waals surface area contributed by atoms with Gasteiger partial charge in [0, 0.05) is 30.9 Å². The summed E-state index contributed by atoms with van der Waals surface area (Å²) in [5, 5.41) is 10.8. The molecule has 1 fully saturated rings. The quantitative estimate of drug-likeness (QED) is 0.598. The van der Waals surface area contributed by atoms with Crippen molar-refractivity contribution in [3.63, 3.8) is 0 Å². The van der Waals surface area contributed by atoms with Crippen molar-refractivity contribution in [1.82, 2.24) is 0 Å². The van der Waals surface area contributed by atoms with Crippen molar-refractivity contribution < 1.29 is 9.66 Å². The molecule has 0 radical (unpaired) electrons. The zero-order valence-corrected chi connectivity index (χ0v) is 9.89. The summed E-state index contributed by atoms with van der Waals surface area (Å²) >= 11 is 0. The number of benzene rings is 1. The van der Waals surface area contributed by atoms with Crippen LogP contribution in [0, 0.1) is 10.1 Å². The average molecular weight is 236 g/mol. The van der Waals surface area contributed by atoms with Gasteiger partial charge in [-0.15, -0.1) is 0 Å². The molecule has 0 spiro atoms. The SMILES string of the molecule is COc1cc(N2CCCCC2)ccc1[N+](=O)[O-]. The van der Waals surface area contributed by atoms with Crippen LogP contribution >= 0.6 is 0 Å². The van der Waals surface area contributed by atoms with Gasteiger partial charge in [0.15, 0.2) is 5.75 Å². The van der Waals surface area contributed by atoms with Crippen LogP contribution in [0.15, 0.2) is 18.2 Å². The van der Waals surface area contributed by atoms with Gasteiger partial charge in [-0.1, -0.05) is 0 Å². The minimum atomic E-state index is -0.418. The number of nitrogens with zero attached hydrogens (tertiary/aromatic N) is 2. The van der Waals surface area contributed by atoms with E-state index in [-0.39, 0.29) is 5.69 Å². The Morgan fingerprint density at radius 2 is 2.00 bits per heavy atom. The van der Waals surface area contributed by atoms with E-state index in [4.69, 9.17) is 4.74 Å². The lowest BCUT2D eigenvalue weighted by molar-refractivity contribution is -0.385. The van der Waals surface area contributed by atoms with Gasteiger partial charge >= 0.3 is 5.69 Å². The van der Waals surface area contributed by atoms with Gasteiger partial charge in [0.05, 0.1) is 12.0 Å². The Hall–Kier alpha value is -1.78. The summed E-state index contributed by atoms with van der Waals surface area (Å²) in [6.45, 7) is 2.03. The fourth-order valence-electron chi connectivity index (χ4n) is 2.17. The molecule has 92 valence electrons. The zero-order chi connectivity index (χ0) is 12.3. The lowest BCUT2D eigenvalue weighted by Gasteiger charge is -2.28. The van der Waals surface area contributed by atoms with E-state index >= 15 is 0 Å². The van der Waals surface area contributed by atoms with Gasteiger partial charge in [-0.25, -0.2) is 0 Å². The minimum Gasteiger partial charge on any atom is -0.490 e. The third kappa shape index (κ3) is 2.49. The highest BCUT2D eigenvalue weighted by atomic mass is 16.6. The van der Waals surface area contributed by atoms with E-state index < -0.39 is 4.92 Å². The standard InChI is InChI=1S/C12H16N2O3/c1-17-12-9-10(5-6-11(12)14(15)16)13-7-3-2-4-8-13/h5-6,9H,2-4,7-8H2,1H3. The summed E-state index contributed by atoms with van der Waals surface area (Å²) in [6, 6.07) is 5.07. The molecule has 0 atom stereocenters. The van der Waals surface area contributed by atoms with Gasteiger partial charge in [0.2, 0.25) is 0 Å². The number of nitro benzene ring substituents is 1. The largest absolute Gasteiger partial charge is 0.490 e. The number of hydrogen-bond acceptors (Lipinski definition) is 4. The van der Waals surface area contributed by atoms with Crippen LogP contribution in [0.2, 0.25) is 0 Å². The first-order chi connectivity index (χ1) is 8.22. The van der Waals surface area contributed by atoms with Crippen LogP contribution in [-0.4, -0.2) is 25.1 Å². The van der Waals surface area contributed by atoms with Crippen LogP contribution in [0.3, 0.4) is 0 Å². The first kappa shape index (κ1) is 11.7. The van der Waals surface area contributed by atoms with E-state index in [2.05, 4.69) is 4.90 Å².